The number of aliphatic imine (C=N–C) groups is 1. The summed E-state index contributed by atoms with van der Waals surface area (Å²) >= 11 is 0. The van der Waals surface area contributed by atoms with Gasteiger partial charge in [-0.15, -0.1) is 0 Å². The summed E-state index contributed by atoms with van der Waals surface area (Å²) in [5.74, 6) is -0.861. The van der Waals surface area contributed by atoms with E-state index < -0.39 is 5.91 Å². The molecule has 0 radical (unpaired) electrons. The molecule has 0 spiro atoms. The lowest BCUT2D eigenvalue weighted by Crippen LogP contribution is -2.41. The number of carbonyl (C=O) groups is 1. The minimum absolute atomic E-state index is 0.0171. The van der Waals surface area contributed by atoms with Crippen molar-refractivity contribution < 1.29 is 14.6 Å². The third-order valence-corrected chi connectivity index (χ3v) is 2.54. The number of carbonyl (C=O) groups excluding carboxylic acids is 1. The molecule has 1 amide bonds. The number of hydrogen-bond donors (Lipinski definition) is 3. The second-order valence-corrected chi connectivity index (χ2v) is 3.97. The summed E-state index contributed by atoms with van der Waals surface area (Å²) in [6.45, 7) is 7.83. The van der Waals surface area contributed by atoms with E-state index in [1.165, 1.54) is 18.2 Å². The second-order valence-electron chi connectivity index (χ2n) is 3.97. The second kappa shape index (κ2) is 5.37. The van der Waals surface area contributed by atoms with Crippen LogP contribution in [-0.4, -0.2) is 36.2 Å². The van der Waals surface area contributed by atoms with Gasteiger partial charge in [0.05, 0.1) is 25.3 Å². The van der Waals surface area contributed by atoms with Crippen molar-refractivity contribution in [3.8, 4) is 5.75 Å². The Morgan fingerprint density at radius 1 is 1.58 bits per heavy atom. The number of amides is 1. The highest BCUT2D eigenvalue weighted by atomic mass is 16.5. The molecular formula is C12H12N4O3. The first-order valence-corrected chi connectivity index (χ1v) is 5.53. The molecule has 0 atom stereocenters. The maximum absolute atomic E-state index is 11.9. The Morgan fingerprint density at radius 3 is 2.89 bits per heavy atom. The minimum Gasteiger partial charge on any atom is -0.507 e. The Balaban J connectivity index is 2.11. The van der Waals surface area contributed by atoms with E-state index in [2.05, 4.69) is 15.2 Å². The number of hydrogen-bond acceptors (Lipinski definition) is 4. The Bertz CT molecular complexity index is 573. The highest BCUT2D eigenvalue weighted by Crippen LogP contribution is 2.23. The molecule has 0 bridgehead atoms. The molecule has 1 aromatic rings. The molecular weight excluding hydrogens is 248 g/mol. The van der Waals surface area contributed by atoms with Crippen LogP contribution in [0, 0.1) is 6.57 Å². The summed E-state index contributed by atoms with van der Waals surface area (Å²) < 4.78 is 4.93. The molecule has 0 unspecified atom stereocenters. The number of phenols is 1. The molecule has 98 valence electrons. The lowest BCUT2D eigenvalue weighted by Gasteiger charge is -2.22. The van der Waals surface area contributed by atoms with Crippen LogP contribution in [0.15, 0.2) is 23.2 Å². The van der Waals surface area contributed by atoms with E-state index in [0.29, 0.717) is 13.2 Å². The van der Waals surface area contributed by atoms with Crippen LogP contribution < -0.4 is 11.1 Å². The van der Waals surface area contributed by atoms with Gasteiger partial charge in [-0.05, 0) is 12.1 Å². The molecule has 1 aliphatic heterocycles. The lowest BCUT2D eigenvalue weighted by atomic mass is 10.1. The predicted molar refractivity (Wildman–Crippen MR) is 68.1 cm³/mol. The number of benzene rings is 1. The number of nitrogens with zero attached hydrogens (tertiary/aromatic N) is 2. The molecule has 0 aromatic heterocycles. The first-order valence-electron chi connectivity index (χ1n) is 5.53. The van der Waals surface area contributed by atoms with Crippen LogP contribution in [0.25, 0.3) is 4.85 Å². The summed E-state index contributed by atoms with van der Waals surface area (Å²) in [7, 11) is 0. The van der Waals surface area contributed by atoms with Gasteiger partial charge in [0.15, 0.2) is 11.6 Å². The zero-order valence-corrected chi connectivity index (χ0v) is 9.96. The highest BCUT2D eigenvalue weighted by Gasteiger charge is 2.18. The number of aromatic hydroxyl groups is 1. The Kier molecular flexibility index (Phi) is 3.63. The summed E-state index contributed by atoms with van der Waals surface area (Å²) in [6, 6.07) is 3.96. The molecule has 0 saturated carbocycles. The predicted octanol–water partition coefficient (Wildman–Crippen LogP) is 0.386. The van der Waals surface area contributed by atoms with Gasteiger partial charge in [0.25, 0.3) is 5.91 Å². The Labute approximate surface area is 109 Å². The number of rotatable bonds is 2. The molecule has 7 heteroatoms. The van der Waals surface area contributed by atoms with Gasteiger partial charge in [-0.3, -0.25) is 10.1 Å². The molecule has 19 heavy (non-hydrogen) atoms. The Morgan fingerprint density at radius 2 is 2.32 bits per heavy atom. The van der Waals surface area contributed by atoms with Crippen molar-refractivity contribution in [2.24, 2.45) is 10.7 Å². The van der Waals surface area contributed by atoms with Crippen molar-refractivity contribution in [1.82, 2.24) is 5.32 Å². The molecule has 1 aliphatic rings. The van der Waals surface area contributed by atoms with Crippen molar-refractivity contribution in [1.29, 1.82) is 0 Å². The normalized spacial score (nSPS) is 15.4. The van der Waals surface area contributed by atoms with Crippen LogP contribution in [0.2, 0.25) is 0 Å². The summed E-state index contributed by atoms with van der Waals surface area (Å²) in [5.41, 5.74) is 5.80. The van der Waals surface area contributed by atoms with Gasteiger partial charge in [0, 0.05) is 0 Å². The minimum atomic E-state index is -0.607. The average Bonchev–Trinajstić information content (AvgIpc) is 2.34. The van der Waals surface area contributed by atoms with Gasteiger partial charge in [-0.2, -0.15) is 0 Å². The van der Waals surface area contributed by atoms with Crippen molar-refractivity contribution in [3.63, 3.8) is 0 Å². The van der Waals surface area contributed by atoms with E-state index in [1.807, 2.05) is 0 Å². The molecule has 2 rings (SSSR count). The fourth-order valence-electron chi connectivity index (χ4n) is 1.49. The van der Waals surface area contributed by atoms with E-state index in [4.69, 9.17) is 17.0 Å². The van der Waals surface area contributed by atoms with Crippen LogP contribution in [0.4, 0.5) is 5.69 Å². The summed E-state index contributed by atoms with van der Waals surface area (Å²) in [6.07, 6.45) is 0. The standard InChI is InChI=1S/C12H12N4O3/c1-14-7-2-3-10(17)9(4-7)11(18)16-12(13)15-8-5-19-6-8/h2-4,8,17H,5-6H2,(H3,13,15,16,18). The van der Waals surface area contributed by atoms with Gasteiger partial charge in [0.2, 0.25) is 0 Å². The van der Waals surface area contributed by atoms with Crippen LogP contribution in [0.1, 0.15) is 10.4 Å². The van der Waals surface area contributed by atoms with E-state index in [9.17, 15) is 9.90 Å². The number of guanidine groups is 1. The van der Waals surface area contributed by atoms with Gasteiger partial charge < -0.3 is 15.6 Å². The molecule has 1 aromatic carbocycles. The fraction of sp³-hybridized carbons (Fsp3) is 0.250. The van der Waals surface area contributed by atoms with Crippen molar-refractivity contribution in [2.75, 3.05) is 13.2 Å². The number of ether oxygens (including phenoxy) is 1. The van der Waals surface area contributed by atoms with Gasteiger partial charge in [-0.25, -0.2) is 9.84 Å². The third kappa shape index (κ3) is 3.00. The van der Waals surface area contributed by atoms with Crippen LogP contribution >= 0.6 is 0 Å². The van der Waals surface area contributed by atoms with E-state index in [0.717, 1.165) is 0 Å². The van der Waals surface area contributed by atoms with Crippen LogP contribution in [-0.2, 0) is 4.74 Å². The smallest absolute Gasteiger partial charge is 0.260 e. The van der Waals surface area contributed by atoms with Crippen LogP contribution in [0.5, 0.6) is 5.75 Å². The zero-order chi connectivity index (χ0) is 13.8. The van der Waals surface area contributed by atoms with E-state index >= 15 is 0 Å². The van der Waals surface area contributed by atoms with E-state index in [1.54, 1.807) is 0 Å². The molecule has 4 N–H and O–H groups in total. The first kappa shape index (κ1) is 12.9. The average molecular weight is 260 g/mol. The van der Waals surface area contributed by atoms with Gasteiger partial charge in [-0.1, -0.05) is 6.07 Å². The molecule has 1 fully saturated rings. The summed E-state index contributed by atoms with van der Waals surface area (Å²) in [4.78, 5) is 19.1. The Hall–Kier alpha value is -2.59. The monoisotopic (exact) mass is 260 g/mol. The maximum Gasteiger partial charge on any atom is 0.260 e. The van der Waals surface area contributed by atoms with Crippen molar-refractivity contribution >= 4 is 17.6 Å². The highest BCUT2D eigenvalue weighted by molar-refractivity contribution is 6.07. The summed E-state index contributed by atoms with van der Waals surface area (Å²) in [5, 5.41) is 11.9. The molecule has 1 heterocycles. The first-order chi connectivity index (χ1) is 9.10. The lowest BCUT2D eigenvalue weighted by molar-refractivity contribution is 0.0131. The number of nitrogens with one attached hydrogen (secondary N) is 1. The SMILES string of the molecule is [C-]#[N+]c1ccc(O)c(C(=O)NC(N)=NC2COC2)c1. The van der Waals surface area contributed by atoms with Gasteiger partial charge in [0.1, 0.15) is 11.8 Å². The maximum atomic E-state index is 11.9. The molecule has 0 aliphatic carbocycles. The van der Waals surface area contributed by atoms with E-state index in [-0.39, 0.29) is 29.0 Å². The molecule has 1 saturated heterocycles. The number of nitrogens with two attached hydrogens (primary N) is 1. The topological polar surface area (TPSA) is 101 Å². The van der Waals surface area contributed by atoms with Crippen LogP contribution in [0.3, 0.4) is 0 Å². The number of phenolic OH excluding ortho intramolecular Hbond substituents is 1. The van der Waals surface area contributed by atoms with Crippen molar-refractivity contribution in [3.05, 3.63) is 35.2 Å². The third-order valence-electron chi connectivity index (χ3n) is 2.54. The zero-order valence-electron chi connectivity index (χ0n) is 9.96. The quantitative estimate of drug-likeness (QED) is 0.406. The largest absolute Gasteiger partial charge is 0.507 e. The fourth-order valence-corrected chi connectivity index (χ4v) is 1.49. The van der Waals surface area contributed by atoms with Gasteiger partial charge >= 0.3 is 0 Å². The van der Waals surface area contributed by atoms with Crippen molar-refractivity contribution in [2.45, 2.75) is 6.04 Å². The molecule has 7 nitrogen and oxygen atoms in total.